The fraction of sp³-hybridized carbons (Fsp3) is 0.312. The molecule has 0 saturated carbocycles. The lowest BCUT2D eigenvalue weighted by atomic mass is 9.92. The first kappa shape index (κ1) is 27.9. The molecule has 1 amide bonds. The number of ether oxygens (including phenoxy) is 1. The first-order chi connectivity index (χ1) is 19.7. The molecular formula is C32H35N7O2. The quantitative estimate of drug-likeness (QED) is 0.231. The molecule has 1 fully saturated rings. The average molecular weight is 550 g/mol. The van der Waals surface area contributed by atoms with Gasteiger partial charge in [0.05, 0.1) is 16.6 Å². The monoisotopic (exact) mass is 549 g/mol. The number of nitriles is 1. The van der Waals surface area contributed by atoms with Crippen molar-refractivity contribution in [2.45, 2.75) is 38.1 Å². The Balaban J connectivity index is 1.43. The average Bonchev–Trinajstić information content (AvgIpc) is 3.36. The number of nitrogens with zero attached hydrogens (tertiary/aromatic N) is 5. The van der Waals surface area contributed by atoms with Crippen molar-refractivity contribution in [1.82, 2.24) is 25.0 Å². The third kappa shape index (κ3) is 5.93. The molecule has 2 aromatic heterocycles. The number of hydrogen-bond donors (Lipinski definition) is 2. The number of aromatic nitrogens is 3. The van der Waals surface area contributed by atoms with Crippen LogP contribution in [0, 0.1) is 11.3 Å². The second-order valence-corrected chi connectivity index (χ2v) is 11.2. The maximum absolute atomic E-state index is 13.4. The van der Waals surface area contributed by atoms with Crippen molar-refractivity contribution >= 4 is 22.6 Å². The number of H-pyrrole nitrogens is 1. The molecule has 0 spiro atoms. The summed E-state index contributed by atoms with van der Waals surface area (Å²) >= 11 is 0. The summed E-state index contributed by atoms with van der Waals surface area (Å²) in [5.41, 5.74) is 9.24. The first-order valence-electron chi connectivity index (χ1n) is 13.7. The summed E-state index contributed by atoms with van der Waals surface area (Å²) < 4.78 is 5.96. The molecule has 0 bridgehead atoms. The van der Waals surface area contributed by atoms with Gasteiger partial charge in [0, 0.05) is 35.8 Å². The number of likely N-dealkylation sites (N-methyl/N-ethyl adjacent to an activating group) is 1. The van der Waals surface area contributed by atoms with Gasteiger partial charge in [-0.05, 0) is 89.3 Å². The number of nitrogens with two attached hydrogens (primary N) is 1. The number of amides is 1. The van der Waals surface area contributed by atoms with Crippen molar-refractivity contribution in [1.29, 1.82) is 5.26 Å². The maximum atomic E-state index is 13.4. The molecule has 0 unspecified atom stereocenters. The largest absolute Gasteiger partial charge is 0.457 e. The van der Waals surface area contributed by atoms with Crippen molar-refractivity contribution in [3.63, 3.8) is 0 Å². The van der Waals surface area contributed by atoms with Crippen LogP contribution in [-0.2, 0) is 4.79 Å². The number of para-hydroxylation sites is 1. The number of nitrogen functional groups attached to an aromatic ring is 1. The zero-order valence-corrected chi connectivity index (χ0v) is 23.9. The molecule has 0 aliphatic carbocycles. The minimum absolute atomic E-state index is 0.00265. The number of fused-ring (bicyclic) bond motifs is 1. The zero-order valence-electron chi connectivity index (χ0n) is 23.9. The van der Waals surface area contributed by atoms with E-state index in [9.17, 15) is 10.1 Å². The summed E-state index contributed by atoms with van der Waals surface area (Å²) in [5.74, 6) is 1.62. The smallest absolute Gasteiger partial charge is 0.264 e. The SMILES string of the molecule is CN(C)C(C)(C)/C=C(/C#N)C(=O)N1CCC[C@H](c2cc3[nH]nc(N)c3c(-c3ccc(Oc4ccccc4)cc3)n2)C1. The van der Waals surface area contributed by atoms with Gasteiger partial charge in [0.25, 0.3) is 5.91 Å². The first-order valence-corrected chi connectivity index (χ1v) is 13.7. The van der Waals surface area contributed by atoms with Gasteiger partial charge in [-0.1, -0.05) is 18.2 Å². The number of anilines is 1. The van der Waals surface area contributed by atoms with Crippen LogP contribution in [0.15, 0.2) is 72.3 Å². The second kappa shape index (κ2) is 11.4. The molecule has 5 rings (SSSR count). The Morgan fingerprint density at radius 2 is 1.88 bits per heavy atom. The van der Waals surface area contributed by atoms with Crippen LogP contribution >= 0.6 is 0 Å². The summed E-state index contributed by atoms with van der Waals surface area (Å²) in [5, 5.41) is 17.9. The lowest BCUT2D eigenvalue weighted by Gasteiger charge is -2.34. The molecule has 9 heteroatoms. The van der Waals surface area contributed by atoms with Crippen LogP contribution in [0.2, 0.25) is 0 Å². The molecular weight excluding hydrogens is 514 g/mol. The van der Waals surface area contributed by atoms with Crippen molar-refractivity contribution < 1.29 is 9.53 Å². The van der Waals surface area contributed by atoms with Gasteiger partial charge in [-0.3, -0.25) is 14.9 Å². The fourth-order valence-electron chi connectivity index (χ4n) is 5.01. The van der Waals surface area contributed by atoms with Crippen LogP contribution in [0.1, 0.15) is 38.3 Å². The minimum atomic E-state index is -0.431. The third-order valence-electron chi connectivity index (χ3n) is 7.83. The highest BCUT2D eigenvalue weighted by Crippen LogP contribution is 2.36. The summed E-state index contributed by atoms with van der Waals surface area (Å²) in [7, 11) is 3.86. The molecule has 1 aliphatic heterocycles. The van der Waals surface area contributed by atoms with Crippen LogP contribution < -0.4 is 10.5 Å². The van der Waals surface area contributed by atoms with Gasteiger partial charge in [-0.2, -0.15) is 10.4 Å². The predicted octanol–water partition coefficient (Wildman–Crippen LogP) is 5.50. The molecule has 41 heavy (non-hydrogen) atoms. The number of carbonyl (C=O) groups is 1. The number of likely N-dealkylation sites (tertiary alicyclic amines) is 1. The Labute approximate surface area is 240 Å². The van der Waals surface area contributed by atoms with Gasteiger partial charge in [0.15, 0.2) is 5.82 Å². The molecule has 4 aromatic rings. The van der Waals surface area contributed by atoms with Crippen molar-refractivity contribution in [3.05, 3.63) is 78.0 Å². The fourth-order valence-corrected chi connectivity index (χ4v) is 5.01. The third-order valence-corrected chi connectivity index (χ3v) is 7.83. The summed E-state index contributed by atoms with van der Waals surface area (Å²) in [6.07, 6.45) is 3.45. The number of nitrogens with one attached hydrogen (secondary N) is 1. The van der Waals surface area contributed by atoms with Crippen LogP contribution in [-0.4, -0.2) is 63.6 Å². The van der Waals surface area contributed by atoms with E-state index in [0.717, 1.165) is 46.4 Å². The number of hydrogen-bond acceptors (Lipinski definition) is 7. The Hall–Kier alpha value is -4.68. The Kier molecular flexibility index (Phi) is 7.77. The Morgan fingerprint density at radius 3 is 2.56 bits per heavy atom. The predicted molar refractivity (Wildman–Crippen MR) is 160 cm³/mol. The molecule has 1 atom stereocenters. The van der Waals surface area contributed by atoms with E-state index in [1.165, 1.54) is 0 Å². The van der Waals surface area contributed by atoms with E-state index < -0.39 is 5.54 Å². The number of aromatic amines is 1. The number of piperidine rings is 1. The molecule has 210 valence electrons. The van der Waals surface area contributed by atoms with Crippen LogP contribution in [0.5, 0.6) is 11.5 Å². The van der Waals surface area contributed by atoms with Gasteiger partial charge in [0.2, 0.25) is 0 Å². The zero-order chi connectivity index (χ0) is 29.1. The van der Waals surface area contributed by atoms with E-state index in [1.807, 2.05) is 93.5 Å². The molecule has 9 nitrogen and oxygen atoms in total. The van der Waals surface area contributed by atoms with Crippen molar-refractivity contribution in [2.75, 3.05) is 32.9 Å². The summed E-state index contributed by atoms with van der Waals surface area (Å²) in [6, 6.07) is 21.5. The topological polar surface area (TPSA) is 124 Å². The molecule has 1 saturated heterocycles. The molecule has 3 N–H and O–H groups in total. The van der Waals surface area contributed by atoms with E-state index >= 15 is 0 Å². The number of rotatable bonds is 7. The summed E-state index contributed by atoms with van der Waals surface area (Å²) in [6.45, 7) is 5.04. The van der Waals surface area contributed by atoms with E-state index in [1.54, 1.807) is 11.0 Å². The highest BCUT2D eigenvalue weighted by atomic mass is 16.5. The standard InChI is InChI=1S/C32H35N7O2/c1-32(2,38(3)4)18-23(19-33)31(40)39-16-8-9-22(20-39)26-17-27-28(30(34)37-36-27)29(35-26)21-12-14-25(15-13-21)41-24-10-6-5-7-11-24/h5-7,10-15,17-18,22H,8-9,16,20H2,1-4H3,(H3,34,36,37)/b23-18-/t22-/m0/s1. The number of pyridine rings is 1. The Morgan fingerprint density at radius 1 is 1.17 bits per heavy atom. The molecule has 1 aliphatic rings. The lowest BCUT2D eigenvalue weighted by molar-refractivity contribution is -0.128. The van der Waals surface area contributed by atoms with Gasteiger partial charge in [0.1, 0.15) is 23.1 Å². The van der Waals surface area contributed by atoms with Crippen LogP contribution in [0.3, 0.4) is 0 Å². The normalized spacial score (nSPS) is 16.1. The lowest BCUT2D eigenvalue weighted by Crippen LogP contribution is -2.41. The van der Waals surface area contributed by atoms with E-state index in [2.05, 4.69) is 16.3 Å². The van der Waals surface area contributed by atoms with E-state index in [-0.39, 0.29) is 17.4 Å². The van der Waals surface area contributed by atoms with Crippen molar-refractivity contribution in [2.24, 2.45) is 0 Å². The van der Waals surface area contributed by atoms with Crippen LogP contribution in [0.25, 0.3) is 22.2 Å². The highest BCUT2D eigenvalue weighted by Gasteiger charge is 2.30. The summed E-state index contributed by atoms with van der Waals surface area (Å²) in [4.78, 5) is 22.3. The van der Waals surface area contributed by atoms with Crippen molar-refractivity contribution in [3.8, 4) is 28.8 Å². The van der Waals surface area contributed by atoms with Gasteiger partial charge in [-0.25, -0.2) is 0 Å². The second-order valence-electron chi connectivity index (χ2n) is 11.2. The van der Waals surface area contributed by atoms with Crippen LogP contribution in [0.4, 0.5) is 5.82 Å². The van der Waals surface area contributed by atoms with Gasteiger partial charge in [-0.15, -0.1) is 0 Å². The van der Waals surface area contributed by atoms with E-state index in [0.29, 0.717) is 24.7 Å². The minimum Gasteiger partial charge on any atom is -0.457 e. The molecule has 0 radical (unpaired) electrons. The van der Waals surface area contributed by atoms with E-state index in [4.69, 9.17) is 15.5 Å². The maximum Gasteiger partial charge on any atom is 0.264 e. The molecule has 2 aromatic carbocycles. The number of benzene rings is 2. The van der Waals surface area contributed by atoms with Gasteiger partial charge < -0.3 is 20.3 Å². The Bertz CT molecular complexity index is 1620. The molecule has 3 heterocycles. The van der Waals surface area contributed by atoms with Gasteiger partial charge >= 0.3 is 0 Å². The highest BCUT2D eigenvalue weighted by molar-refractivity contribution is 6.00. The number of carbonyl (C=O) groups excluding carboxylic acids is 1.